The van der Waals surface area contributed by atoms with E-state index in [0.717, 1.165) is 22.5 Å². The molecular formula is C28H25N. The standard InChI is InChI=1S/C28H25N/c1-19-16-20(2)18-24(17-19)22(4)29-28-15-8-7-12-26(28)21(3)25-14-9-11-23-10-5-6-13-27(23)25/h5-18H,4H2,1-3H3/b26-21+,29-28?. The van der Waals surface area contributed by atoms with Gasteiger partial charge in [0.05, 0.1) is 11.4 Å². The monoisotopic (exact) mass is 375 g/mol. The number of hydrogen-bond acceptors (Lipinski definition) is 1. The van der Waals surface area contributed by atoms with Gasteiger partial charge in [-0.15, -0.1) is 0 Å². The summed E-state index contributed by atoms with van der Waals surface area (Å²) in [7, 11) is 0. The largest absolute Gasteiger partial charge is 0.248 e. The maximum Gasteiger partial charge on any atom is 0.0712 e. The van der Waals surface area contributed by atoms with E-state index >= 15 is 0 Å². The van der Waals surface area contributed by atoms with Gasteiger partial charge in [0.15, 0.2) is 0 Å². The normalized spacial score (nSPS) is 16.4. The smallest absolute Gasteiger partial charge is 0.0712 e. The van der Waals surface area contributed by atoms with Gasteiger partial charge in [-0.3, -0.25) is 0 Å². The zero-order chi connectivity index (χ0) is 20.4. The zero-order valence-corrected chi connectivity index (χ0v) is 17.2. The summed E-state index contributed by atoms with van der Waals surface area (Å²) in [5, 5.41) is 2.51. The van der Waals surface area contributed by atoms with Crippen LogP contribution < -0.4 is 0 Å². The molecule has 1 heteroatoms. The van der Waals surface area contributed by atoms with Crippen molar-refractivity contribution in [3.05, 3.63) is 119 Å². The second-order valence-corrected chi connectivity index (χ2v) is 7.60. The minimum Gasteiger partial charge on any atom is -0.248 e. The van der Waals surface area contributed by atoms with Crippen molar-refractivity contribution in [3.8, 4) is 0 Å². The predicted octanol–water partition coefficient (Wildman–Crippen LogP) is 7.47. The molecule has 1 nitrogen and oxygen atoms in total. The van der Waals surface area contributed by atoms with Crippen LogP contribution >= 0.6 is 0 Å². The Kier molecular flexibility index (Phi) is 5.14. The Morgan fingerprint density at radius 2 is 1.52 bits per heavy atom. The number of rotatable bonds is 3. The molecule has 0 radical (unpaired) electrons. The van der Waals surface area contributed by atoms with E-state index in [-0.39, 0.29) is 0 Å². The first kappa shape index (κ1) is 18.9. The highest BCUT2D eigenvalue weighted by Crippen LogP contribution is 2.30. The molecule has 0 spiro atoms. The predicted molar refractivity (Wildman–Crippen MR) is 127 cm³/mol. The highest BCUT2D eigenvalue weighted by atomic mass is 14.8. The average molecular weight is 376 g/mol. The van der Waals surface area contributed by atoms with Crippen molar-refractivity contribution in [2.24, 2.45) is 4.99 Å². The minimum atomic E-state index is 0.787. The molecule has 4 rings (SSSR count). The molecule has 0 heterocycles. The molecule has 0 saturated carbocycles. The van der Waals surface area contributed by atoms with Crippen molar-refractivity contribution in [2.45, 2.75) is 20.8 Å². The van der Waals surface area contributed by atoms with Crippen molar-refractivity contribution in [3.63, 3.8) is 0 Å². The number of benzene rings is 3. The first-order valence-corrected chi connectivity index (χ1v) is 9.93. The van der Waals surface area contributed by atoms with Gasteiger partial charge in [0.2, 0.25) is 0 Å². The van der Waals surface area contributed by atoms with Crippen LogP contribution in [0, 0.1) is 13.8 Å². The summed E-state index contributed by atoms with van der Waals surface area (Å²) in [5.41, 5.74) is 8.84. The number of nitrogens with zero attached hydrogens (tertiary/aromatic N) is 1. The molecule has 0 fully saturated rings. The van der Waals surface area contributed by atoms with Gasteiger partial charge >= 0.3 is 0 Å². The number of aryl methyl sites for hydroxylation is 2. The van der Waals surface area contributed by atoms with Crippen LogP contribution in [0.5, 0.6) is 0 Å². The fourth-order valence-corrected chi connectivity index (χ4v) is 3.94. The van der Waals surface area contributed by atoms with Crippen molar-refractivity contribution in [2.75, 3.05) is 0 Å². The SMILES string of the molecule is C=C(N=C1C=CC=C/C1=C(/C)c1cccc2ccccc12)c1cc(C)cc(C)c1. The first-order chi connectivity index (χ1) is 14.0. The molecule has 0 N–H and O–H groups in total. The second-order valence-electron chi connectivity index (χ2n) is 7.60. The molecule has 0 aromatic heterocycles. The van der Waals surface area contributed by atoms with Gasteiger partial charge in [-0.2, -0.15) is 0 Å². The Bertz CT molecular complexity index is 1210. The van der Waals surface area contributed by atoms with E-state index in [4.69, 9.17) is 4.99 Å². The maximum absolute atomic E-state index is 4.92. The Labute approximate surface area is 173 Å². The fraction of sp³-hybridized carbons (Fsp3) is 0.107. The number of fused-ring (bicyclic) bond motifs is 1. The third-order valence-electron chi connectivity index (χ3n) is 5.31. The molecule has 0 saturated heterocycles. The molecule has 29 heavy (non-hydrogen) atoms. The van der Waals surface area contributed by atoms with Crippen LogP contribution in [0.4, 0.5) is 0 Å². The van der Waals surface area contributed by atoms with Gasteiger partial charge in [-0.1, -0.05) is 84.5 Å². The number of allylic oxidation sites excluding steroid dienone is 6. The Morgan fingerprint density at radius 1 is 0.828 bits per heavy atom. The molecule has 0 amide bonds. The van der Waals surface area contributed by atoms with E-state index < -0.39 is 0 Å². The van der Waals surface area contributed by atoms with Gasteiger partial charge in [0.1, 0.15) is 0 Å². The molecule has 3 aromatic carbocycles. The molecule has 1 aliphatic carbocycles. The van der Waals surface area contributed by atoms with E-state index in [1.54, 1.807) is 0 Å². The van der Waals surface area contributed by atoms with Gasteiger partial charge in [-0.05, 0) is 60.9 Å². The average Bonchev–Trinajstić information content (AvgIpc) is 2.72. The molecule has 3 aromatic rings. The third kappa shape index (κ3) is 3.90. The quantitative estimate of drug-likeness (QED) is 0.450. The Hall–Kier alpha value is -3.45. The Morgan fingerprint density at radius 3 is 2.31 bits per heavy atom. The van der Waals surface area contributed by atoms with E-state index in [1.165, 1.54) is 33.0 Å². The maximum atomic E-state index is 4.92. The highest BCUT2D eigenvalue weighted by molar-refractivity contribution is 6.18. The minimum absolute atomic E-state index is 0.787. The fourth-order valence-electron chi connectivity index (χ4n) is 3.94. The van der Waals surface area contributed by atoms with Crippen LogP contribution in [0.15, 0.2) is 102 Å². The topological polar surface area (TPSA) is 12.4 Å². The summed E-state index contributed by atoms with van der Waals surface area (Å²) >= 11 is 0. The van der Waals surface area contributed by atoms with Crippen molar-refractivity contribution >= 4 is 27.8 Å². The summed E-state index contributed by atoms with van der Waals surface area (Å²) in [6, 6.07) is 21.4. The lowest BCUT2D eigenvalue weighted by Gasteiger charge is -2.15. The lowest BCUT2D eigenvalue weighted by Crippen LogP contribution is -2.04. The van der Waals surface area contributed by atoms with Gasteiger partial charge in [0, 0.05) is 11.1 Å². The van der Waals surface area contributed by atoms with E-state index in [9.17, 15) is 0 Å². The number of hydrogen-bond donors (Lipinski definition) is 0. The summed E-state index contributed by atoms with van der Waals surface area (Å²) < 4.78 is 0. The van der Waals surface area contributed by atoms with Crippen LogP contribution in [-0.4, -0.2) is 5.71 Å². The van der Waals surface area contributed by atoms with Gasteiger partial charge in [-0.25, -0.2) is 4.99 Å². The first-order valence-electron chi connectivity index (χ1n) is 9.93. The Balaban J connectivity index is 1.81. The zero-order valence-electron chi connectivity index (χ0n) is 17.2. The van der Waals surface area contributed by atoms with Crippen molar-refractivity contribution in [1.29, 1.82) is 0 Å². The van der Waals surface area contributed by atoms with Crippen molar-refractivity contribution in [1.82, 2.24) is 0 Å². The van der Waals surface area contributed by atoms with E-state index in [1.807, 2.05) is 6.08 Å². The second kappa shape index (κ2) is 7.89. The molecule has 0 atom stereocenters. The van der Waals surface area contributed by atoms with E-state index in [2.05, 4.69) is 106 Å². The summed E-state index contributed by atoms with van der Waals surface area (Å²) in [5.74, 6) is 0. The van der Waals surface area contributed by atoms with Crippen LogP contribution in [0.3, 0.4) is 0 Å². The number of aliphatic imine (C=N–C) groups is 1. The van der Waals surface area contributed by atoms with Crippen LogP contribution in [0.25, 0.3) is 22.0 Å². The molecule has 0 bridgehead atoms. The molecule has 0 aliphatic heterocycles. The van der Waals surface area contributed by atoms with Crippen molar-refractivity contribution < 1.29 is 0 Å². The van der Waals surface area contributed by atoms with Crippen LogP contribution in [-0.2, 0) is 0 Å². The van der Waals surface area contributed by atoms with Gasteiger partial charge < -0.3 is 0 Å². The van der Waals surface area contributed by atoms with Crippen LogP contribution in [0.1, 0.15) is 29.2 Å². The van der Waals surface area contributed by atoms with Gasteiger partial charge in [0.25, 0.3) is 0 Å². The summed E-state index contributed by atoms with van der Waals surface area (Å²) in [6.45, 7) is 10.6. The lowest BCUT2D eigenvalue weighted by molar-refractivity contribution is 1.35. The van der Waals surface area contributed by atoms with Crippen LogP contribution in [0.2, 0.25) is 0 Å². The highest BCUT2D eigenvalue weighted by Gasteiger charge is 2.13. The third-order valence-corrected chi connectivity index (χ3v) is 5.31. The molecular weight excluding hydrogens is 350 g/mol. The summed E-state index contributed by atoms with van der Waals surface area (Å²) in [6.07, 6.45) is 8.32. The molecule has 142 valence electrons. The molecule has 1 aliphatic rings. The van der Waals surface area contributed by atoms with E-state index in [0.29, 0.717) is 0 Å². The lowest BCUT2D eigenvalue weighted by atomic mass is 9.92. The molecule has 0 unspecified atom stereocenters. The summed E-state index contributed by atoms with van der Waals surface area (Å²) in [4.78, 5) is 4.92.